The predicted molar refractivity (Wildman–Crippen MR) is 123 cm³/mol. The third-order valence-corrected chi connectivity index (χ3v) is 5.77. The Bertz CT molecular complexity index is 1110. The number of phenolic OH excluding ortho intramolecular Hbond substituents is 1. The number of aromatic hydroxyl groups is 1. The second-order valence-corrected chi connectivity index (χ2v) is 7.98. The summed E-state index contributed by atoms with van der Waals surface area (Å²) in [6, 6.07) is 19.9. The molecule has 1 aliphatic rings. The average Bonchev–Trinajstić information content (AvgIpc) is 2.80. The molecule has 0 saturated carbocycles. The molecule has 3 N–H and O–H groups in total. The first-order valence-electron chi connectivity index (χ1n) is 10.3. The van der Waals surface area contributed by atoms with E-state index in [9.17, 15) is 14.7 Å². The minimum Gasteiger partial charge on any atom is -0.507 e. The van der Waals surface area contributed by atoms with E-state index in [4.69, 9.17) is 11.6 Å². The van der Waals surface area contributed by atoms with Crippen molar-refractivity contribution in [1.29, 1.82) is 0 Å². The van der Waals surface area contributed by atoms with Crippen LogP contribution in [0.4, 0.5) is 5.69 Å². The molecule has 0 radical (unpaired) electrons. The first-order chi connectivity index (χ1) is 15.0. The van der Waals surface area contributed by atoms with Crippen LogP contribution < -0.4 is 10.6 Å². The normalized spacial score (nSPS) is 16.0. The highest BCUT2D eigenvalue weighted by molar-refractivity contribution is 6.68. The number of piperidine rings is 1. The Labute approximate surface area is 186 Å². The molecule has 0 bridgehead atoms. The highest BCUT2D eigenvalue weighted by atomic mass is 35.5. The van der Waals surface area contributed by atoms with Gasteiger partial charge in [0.1, 0.15) is 5.75 Å². The Kier molecular flexibility index (Phi) is 6.35. The molecule has 0 spiro atoms. The van der Waals surface area contributed by atoms with E-state index in [-0.39, 0.29) is 22.9 Å². The van der Waals surface area contributed by atoms with E-state index in [0.717, 1.165) is 42.5 Å². The van der Waals surface area contributed by atoms with Crippen molar-refractivity contribution < 1.29 is 14.7 Å². The summed E-state index contributed by atoms with van der Waals surface area (Å²) < 4.78 is 0. The molecular weight excluding hydrogens is 412 g/mol. The van der Waals surface area contributed by atoms with Crippen molar-refractivity contribution in [3.63, 3.8) is 0 Å². The Balaban J connectivity index is 1.65. The maximum Gasteiger partial charge on any atom is 0.259 e. The van der Waals surface area contributed by atoms with Crippen LogP contribution in [-0.2, 0) is 0 Å². The van der Waals surface area contributed by atoms with Gasteiger partial charge in [0.2, 0.25) is 0 Å². The number of hydrogen-bond acceptors (Lipinski definition) is 4. The van der Waals surface area contributed by atoms with Gasteiger partial charge in [-0.05, 0) is 71.9 Å². The van der Waals surface area contributed by atoms with Crippen LogP contribution in [0.1, 0.15) is 51.6 Å². The number of rotatable bonds is 5. The third kappa shape index (κ3) is 4.79. The van der Waals surface area contributed by atoms with Crippen molar-refractivity contribution in [2.45, 2.75) is 25.3 Å². The van der Waals surface area contributed by atoms with Gasteiger partial charge in [0.05, 0.1) is 16.8 Å². The molecule has 5 nitrogen and oxygen atoms in total. The van der Waals surface area contributed by atoms with Crippen LogP contribution in [0, 0.1) is 0 Å². The van der Waals surface area contributed by atoms with Gasteiger partial charge >= 0.3 is 0 Å². The van der Waals surface area contributed by atoms with Crippen LogP contribution in [0.15, 0.2) is 66.7 Å². The molecule has 6 heteroatoms. The fourth-order valence-electron chi connectivity index (χ4n) is 3.91. The van der Waals surface area contributed by atoms with Crippen molar-refractivity contribution in [3.05, 3.63) is 83.4 Å². The van der Waals surface area contributed by atoms with E-state index in [0.29, 0.717) is 5.69 Å². The minimum absolute atomic E-state index is 0.116. The number of phenols is 1. The zero-order valence-corrected chi connectivity index (χ0v) is 17.7. The van der Waals surface area contributed by atoms with Crippen molar-refractivity contribution in [2.24, 2.45) is 0 Å². The molecule has 4 rings (SSSR count). The van der Waals surface area contributed by atoms with E-state index >= 15 is 0 Å². The largest absolute Gasteiger partial charge is 0.507 e. The van der Waals surface area contributed by atoms with E-state index in [1.807, 2.05) is 36.4 Å². The van der Waals surface area contributed by atoms with Gasteiger partial charge in [-0.1, -0.05) is 48.9 Å². The van der Waals surface area contributed by atoms with Crippen LogP contribution in [-0.4, -0.2) is 22.8 Å². The summed E-state index contributed by atoms with van der Waals surface area (Å²) in [5.74, 6) is -0.616. The standard InChI is InChI=1S/C25H23ClN2O3/c26-24(30)19-11-9-17(16-6-2-1-3-7-16)15-22(19)28-25(31)20-14-18(10-12-23(20)29)21-8-4-5-13-27-21/h1-3,6-7,9-12,14-15,21,27,29H,4-5,8,13H2,(H,28,31). The quantitative estimate of drug-likeness (QED) is 0.463. The molecule has 1 atom stereocenters. The van der Waals surface area contributed by atoms with Gasteiger partial charge in [-0.2, -0.15) is 0 Å². The summed E-state index contributed by atoms with van der Waals surface area (Å²) in [5, 5.41) is 15.9. The first kappa shape index (κ1) is 21.1. The molecule has 1 heterocycles. The van der Waals surface area contributed by atoms with Crippen LogP contribution in [0.5, 0.6) is 5.75 Å². The maximum atomic E-state index is 13.0. The summed E-state index contributed by atoms with van der Waals surface area (Å²) >= 11 is 5.75. The van der Waals surface area contributed by atoms with Crippen molar-refractivity contribution in [2.75, 3.05) is 11.9 Å². The average molecular weight is 435 g/mol. The fraction of sp³-hybridized carbons (Fsp3) is 0.200. The number of benzene rings is 3. The van der Waals surface area contributed by atoms with Gasteiger partial charge in [-0.3, -0.25) is 9.59 Å². The number of hydrogen-bond donors (Lipinski definition) is 3. The van der Waals surface area contributed by atoms with Crippen LogP contribution in [0.2, 0.25) is 0 Å². The summed E-state index contributed by atoms with van der Waals surface area (Å²) in [6.45, 7) is 0.931. The molecule has 0 aromatic heterocycles. The SMILES string of the molecule is O=C(Nc1cc(-c2ccccc2)ccc1C(=O)Cl)c1cc(C2CCCCN2)ccc1O. The molecule has 1 aliphatic heterocycles. The van der Waals surface area contributed by atoms with E-state index in [1.54, 1.807) is 24.3 Å². The number of nitrogens with one attached hydrogen (secondary N) is 2. The summed E-state index contributed by atoms with van der Waals surface area (Å²) in [5.41, 5.74) is 3.38. The molecule has 0 aliphatic carbocycles. The van der Waals surface area contributed by atoms with Crippen LogP contribution >= 0.6 is 11.6 Å². The van der Waals surface area contributed by atoms with E-state index in [2.05, 4.69) is 10.6 Å². The molecule has 1 saturated heterocycles. The molecule has 158 valence electrons. The Morgan fingerprint density at radius 3 is 2.45 bits per heavy atom. The number of carbonyl (C=O) groups excluding carboxylic acids is 2. The second kappa shape index (κ2) is 9.33. The summed E-state index contributed by atoms with van der Waals surface area (Å²) in [6.07, 6.45) is 3.23. The van der Waals surface area contributed by atoms with Crippen LogP contribution in [0.3, 0.4) is 0 Å². The summed E-state index contributed by atoms with van der Waals surface area (Å²) in [4.78, 5) is 25.0. The van der Waals surface area contributed by atoms with E-state index < -0.39 is 11.1 Å². The highest BCUT2D eigenvalue weighted by Crippen LogP contribution is 2.30. The molecule has 3 aromatic rings. The Morgan fingerprint density at radius 2 is 1.74 bits per heavy atom. The van der Waals surface area contributed by atoms with Gasteiger partial charge in [-0.25, -0.2) is 0 Å². The molecule has 31 heavy (non-hydrogen) atoms. The zero-order valence-electron chi connectivity index (χ0n) is 16.9. The predicted octanol–water partition coefficient (Wildman–Crippen LogP) is 5.51. The molecular formula is C25H23ClN2O3. The second-order valence-electron chi connectivity index (χ2n) is 7.63. The maximum absolute atomic E-state index is 13.0. The monoisotopic (exact) mass is 434 g/mol. The number of anilines is 1. The number of amides is 1. The van der Waals surface area contributed by atoms with Gasteiger partial charge in [0, 0.05) is 6.04 Å². The van der Waals surface area contributed by atoms with Gasteiger partial charge < -0.3 is 15.7 Å². The number of halogens is 1. The number of carbonyl (C=O) groups is 2. The Morgan fingerprint density at radius 1 is 0.935 bits per heavy atom. The lowest BCUT2D eigenvalue weighted by Gasteiger charge is -2.24. The first-order valence-corrected chi connectivity index (χ1v) is 10.7. The molecule has 1 fully saturated rings. The summed E-state index contributed by atoms with van der Waals surface area (Å²) in [7, 11) is 0. The van der Waals surface area contributed by atoms with Crippen molar-refractivity contribution >= 4 is 28.4 Å². The van der Waals surface area contributed by atoms with Gasteiger partial charge in [0.15, 0.2) is 0 Å². The minimum atomic E-state index is -0.667. The lowest BCUT2D eigenvalue weighted by Crippen LogP contribution is -2.27. The molecule has 3 aromatic carbocycles. The lowest BCUT2D eigenvalue weighted by atomic mass is 9.95. The fourth-order valence-corrected chi connectivity index (χ4v) is 4.07. The molecule has 1 unspecified atom stereocenters. The van der Waals surface area contributed by atoms with Crippen LogP contribution in [0.25, 0.3) is 11.1 Å². The van der Waals surface area contributed by atoms with Crippen molar-refractivity contribution in [3.8, 4) is 16.9 Å². The van der Waals surface area contributed by atoms with E-state index in [1.165, 1.54) is 6.07 Å². The van der Waals surface area contributed by atoms with Gasteiger partial charge in [0.25, 0.3) is 11.1 Å². The highest BCUT2D eigenvalue weighted by Gasteiger charge is 2.20. The topological polar surface area (TPSA) is 78.4 Å². The lowest BCUT2D eigenvalue weighted by molar-refractivity contribution is 0.102. The Hall–Kier alpha value is -3.15. The molecule has 1 amide bonds. The zero-order chi connectivity index (χ0) is 21.8. The third-order valence-electron chi connectivity index (χ3n) is 5.56. The smallest absolute Gasteiger partial charge is 0.259 e. The van der Waals surface area contributed by atoms with Gasteiger partial charge in [-0.15, -0.1) is 0 Å². The van der Waals surface area contributed by atoms with Crippen molar-refractivity contribution in [1.82, 2.24) is 5.32 Å².